The normalized spacial score (nSPS) is 24.8. The van der Waals surface area contributed by atoms with E-state index in [1.165, 1.54) is 4.80 Å². The van der Waals surface area contributed by atoms with Gasteiger partial charge in [-0.1, -0.05) is 32.8 Å². The number of rotatable bonds is 7. The highest BCUT2D eigenvalue weighted by atomic mass is 19.1. The summed E-state index contributed by atoms with van der Waals surface area (Å²) in [5.41, 5.74) is 0.804. The third-order valence-electron chi connectivity index (χ3n) is 7.19. The van der Waals surface area contributed by atoms with E-state index in [1.54, 1.807) is 31.4 Å². The third-order valence-corrected chi connectivity index (χ3v) is 7.19. The van der Waals surface area contributed by atoms with E-state index in [-0.39, 0.29) is 17.2 Å². The van der Waals surface area contributed by atoms with E-state index in [2.05, 4.69) is 49.3 Å². The fraction of sp³-hybridized carbons (Fsp3) is 0.583. The van der Waals surface area contributed by atoms with E-state index in [0.717, 1.165) is 44.9 Å². The standard InChI is InChI=1S/C24H31FN8O/c1-4-11-24(2)12-5-6-18(21(24)25)33(16-8-9-16)20-14-26-23(28-27-20)17-10-7-15(13-19(17)34)22-29-31-32(3)30-22/h7,10,13-14,16,18,21,34H,4-6,8-9,11-12H2,1-3H3/t18-,21-,24+/m0/s1. The van der Waals surface area contributed by atoms with Crippen LogP contribution in [0.3, 0.4) is 0 Å². The summed E-state index contributed by atoms with van der Waals surface area (Å²) in [6.07, 6.45) is 7.48. The quantitative estimate of drug-likeness (QED) is 0.555. The van der Waals surface area contributed by atoms with Crippen LogP contribution in [0.4, 0.5) is 10.2 Å². The number of aromatic hydroxyl groups is 1. The topological polar surface area (TPSA) is 106 Å². The van der Waals surface area contributed by atoms with Crippen LogP contribution in [0.2, 0.25) is 0 Å². The molecule has 2 aromatic heterocycles. The van der Waals surface area contributed by atoms with Gasteiger partial charge in [0.15, 0.2) is 11.6 Å². The highest BCUT2D eigenvalue weighted by Gasteiger charge is 2.48. The Hall–Kier alpha value is -3.17. The smallest absolute Gasteiger partial charge is 0.205 e. The monoisotopic (exact) mass is 466 g/mol. The number of hydrogen-bond donors (Lipinski definition) is 1. The maximum Gasteiger partial charge on any atom is 0.205 e. The molecule has 2 heterocycles. The van der Waals surface area contributed by atoms with Crippen molar-refractivity contribution in [2.75, 3.05) is 4.90 Å². The lowest BCUT2D eigenvalue weighted by Crippen LogP contribution is -2.52. The molecule has 2 saturated carbocycles. The molecule has 10 heteroatoms. The first kappa shape index (κ1) is 22.6. The first-order valence-corrected chi connectivity index (χ1v) is 12.1. The molecule has 2 fully saturated rings. The number of aryl methyl sites for hydroxylation is 1. The summed E-state index contributed by atoms with van der Waals surface area (Å²) in [6.45, 7) is 4.22. The molecule has 0 spiro atoms. The fourth-order valence-electron chi connectivity index (χ4n) is 5.33. The van der Waals surface area contributed by atoms with Gasteiger partial charge < -0.3 is 10.0 Å². The van der Waals surface area contributed by atoms with Crippen molar-refractivity contribution in [2.24, 2.45) is 12.5 Å². The predicted molar refractivity (Wildman–Crippen MR) is 126 cm³/mol. The molecule has 0 saturated heterocycles. The number of tetrazole rings is 1. The Bertz CT molecular complexity index is 1140. The first-order chi connectivity index (χ1) is 16.4. The second kappa shape index (κ2) is 8.88. The van der Waals surface area contributed by atoms with Crippen molar-refractivity contribution in [3.8, 4) is 28.5 Å². The van der Waals surface area contributed by atoms with Gasteiger partial charge in [-0.3, -0.25) is 0 Å². The largest absolute Gasteiger partial charge is 0.507 e. The molecule has 3 aromatic rings. The Morgan fingerprint density at radius 2 is 2.00 bits per heavy atom. The van der Waals surface area contributed by atoms with Crippen molar-refractivity contribution in [2.45, 2.75) is 77.0 Å². The summed E-state index contributed by atoms with van der Waals surface area (Å²) < 4.78 is 15.8. The van der Waals surface area contributed by atoms with Gasteiger partial charge in [-0.25, -0.2) is 9.37 Å². The van der Waals surface area contributed by atoms with Crippen LogP contribution in [0, 0.1) is 5.41 Å². The summed E-state index contributed by atoms with van der Waals surface area (Å²) in [6, 6.07) is 5.15. The minimum absolute atomic E-state index is 0.00462. The number of phenols is 1. The molecule has 0 bridgehead atoms. The van der Waals surface area contributed by atoms with E-state index < -0.39 is 6.17 Å². The maximum atomic E-state index is 15.8. The zero-order valence-electron chi connectivity index (χ0n) is 19.9. The van der Waals surface area contributed by atoms with Crippen LogP contribution in [0.15, 0.2) is 24.4 Å². The van der Waals surface area contributed by atoms with Crippen LogP contribution < -0.4 is 4.90 Å². The highest BCUT2D eigenvalue weighted by Crippen LogP contribution is 2.46. The van der Waals surface area contributed by atoms with Gasteiger partial charge in [0.1, 0.15) is 11.9 Å². The van der Waals surface area contributed by atoms with Crippen LogP contribution in [0.1, 0.15) is 58.8 Å². The number of halogens is 1. The highest BCUT2D eigenvalue weighted by molar-refractivity contribution is 5.70. The number of nitrogens with zero attached hydrogens (tertiary/aromatic N) is 8. The van der Waals surface area contributed by atoms with E-state index in [0.29, 0.717) is 34.6 Å². The van der Waals surface area contributed by atoms with E-state index in [1.807, 2.05) is 0 Å². The Labute approximate surface area is 198 Å². The molecule has 2 aliphatic rings. The van der Waals surface area contributed by atoms with Gasteiger partial charge in [-0.05, 0) is 49.5 Å². The molecular formula is C24H31FN8O. The SMILES string of the molecule is CCC[C@]1(C)CCC[C@H](N(c2cnc(-c3ccc(-c4nnn(C)n4)cc3O)nn2)C2CC2)[C@@H]1F. The summed E-state index contributed by atoms with van der Waals surface area (Å²) in [5.74, 6) is 1.35. The minimum atomic E-state index is -0.908. The first-order valence-electron chi connectivity index (χ1n) is 12.1. The van der Waals surface area contributed by atoms with Crippen molar-refractivity contribution in [1.29, 1.82) is 0 Å². The number of anilines is 1. The van der Waals surface area contributed by atoms with Gasteiger partial charge in [-0.15, -0.1) is 20.4 Å². The van der Waals surface area contributed by atoms with Gasteiger partial charge in [0.25, 0.3) is 0 Å². The maximum absolute atomic E-state index is 15.8. The van der Waals surface area contributed by atoms with Gasteiger partial charge in [-0.2, -0.15) is 4.80 Å². The summed E-state index contributed by atoms with van der Waals surface area (Å²) >= 11 is 0. The summed E-state index contributed by atoms with van der Waals surface area (Å²) in [4.78, 5) is 7.98. The molecule has 5 rings (SSSR count). The minimum Gasteiger partial charge on any atom is -0.507 e. The van der Waals surface area contributed by atoms with Crippen LogP contribution in [0.5, 0.6) is 5.75 Å². The number of alkyl halides is 1. The van der Waals surface area contributed by atoms with Crippen molar-refractivity contribution in [3.63, 3.8) is 0 Å². The number of hydrogen-bond acceptors (Lipinski definition) is 8. The zero-order chi connectivity index (χ0) is 23.9. The van der Waals surface area contributed by atoms with Crippen molar-refractivity contribution in [3.05, 3.63) is 24.4 Å². The Balaban J connectivity index is 1.39. The van der Waals surface area contributed by atoms with Crippen LogP contribution in [0.25, 0.3) is 22.8 Å². The lowest BCUT2D eigenvalue weighted by molar-refractivity contribution is 0.0423. The van der Waals surface area contributed by atoms with Gasteiger partial charge >= 0.3 is 0 Å². The average molecular weight is 467 g/mol. The van der Waals surface area contributed by atoms with Crippen LogP contribution >= 0.6 is 0 Å². The summed E-state index contributed by atoms with van der Waals surface area (Å²) in [7, 11) is 1.68. The molecule has 0 aliphatic heterocycles. The van der Waals surface area contributed by atoms with Gasteiger partial charge in [0.05, 0.1) is 24.8 Å². The number of aromatic nitrogens is 7. The van der Waals surface area contributed by atoms with Crippen molar-refractivity contribution in [1.82, 2.24) is 35.4 Å². The van der Waals surface area contributed by atoms with Crippen molar-refractivity contribution >= 4 is 5.82 Å². The Morgan fingerprint density at radius 1 is 1.18 bits per heavy atom. The van der Waals surface area contributed by atoms with Gasteiger partial charge in [0, 0.05) is 17.0 Å². The molecule has 0 unspecified atom stereocenters. The molecule has 3 atom stereocenters. The average Bonchev–Trinajstić information content (AvgIpc) is 3.56. The second-order valence-corrected chi connectivity index (χ2v) is 9.88. The number of phenolic OH excluding ortho intramolecular Hbond substituents is 1. The fourth-order valence-corrected chi connectivity index (χ4v) is 5.33. The molecule has 34 heavy (non-hydrogen) atoms. The molecular weight excluding hydrogens is 435 g/mol. The van der Waals surface area contributed by atoms with E-state index in [4.69, 9.17) is 0 Å². The lowest BCUT2D eigenvalue weighted by Gasteiger charge is -2.46. The Kier molecular flexibility index (Phi) is 5.91. The van der Waals surface area contributed by atoms with Gasteiger partial charge in [0.2, 0.25) is 5.82 Å². The van der Waals surface area contributed by atoms with Crippen LogP contribution in [-0.2, 0) is 7.05 Å². The second-order valence-electron chi connectivity index (χ2n) is 9.88. The van der Waals surface area contributed by atoms with E-state index in [9.17, 15) is 5.11 Å². The lowest BCUT2D eigenvalue weighted by atomic mass is 9.69. The number of benzene rings is 1. The third kappa shape index (κ3) is 4.21. The predicted octanol–water partition coefficient (Wildman–Crippen LogP) is 4.10. The molecule has 1 N–H and O–H groups in total. The summed E-state index contributed by atoms with van der Waals surface area (Å²) in [5, 5.41) is 31.3. The molecule has 2 aliphatic carbocycles. The van der Waals surface area contributed by atoms with Crippen molar-refractivity contribution < 1.29 is 9.50 Å². The molecule has 0 radical (unpaired) electrons. The molecule has 9 nitrogen and oxygen atoms in total. The molecule has 0 amide bonds. The molecule has 180 valence electrons. The molecule has 1 aromatic carbocycles. The van der Waals surface area contributed by atoms with Crippen LogP contribution in [-0.4, -0.2) is 58.8 Å². The van der Waals surface area contributed by atoms with E-state index >= 15 is 4.39 Å². The Morgan fingerprint density at radius 3 is 2.62 bits per heavy atom. The zero-order valence-corrected chi connectivity index (χ0v) is 19.9.